The number of urea groups is 1. The van der Waals surface area contributed by atoms with E-state index < -0.39 is 0 Å². The first-order chi connectivity index (χ1) is 12.6. The van der Waals surface area contributed by atoms with Gasteiger partial charge in [-0.3, -0.25) is 0 Å². The van der Waals surface area contributed by atoms with E-state index in [2.05, 4.69) is 22.2 Å². The molecule has 0 atom stereocenters. The SMILES string of the molecule is CC1CN(C(=O)NCc2cc3cc(Cl)c(OCc4cscn4)cc3[nH]2)C1. The summed E-state index contributed by atoms with van der Waals surface area (Å²) >= 11 is 7.86. The zero-order valence-corrected chi connectivity index (χ0v) is 15.9. The molecular formula is C18H19ClN4O2S. The van der Waals surface area contributed by atoms with Crippen LogP contribution in [0.3, 0.4) is 0 Å². The second-order valence-electron chi connectivity index (χ2n) is 6.60. The Morgan fingerprint density at radius 3 is 3.04 bits per heavy atom. The van der Waals surface area contributed by atoms with Crippen molar-refractivity contribution >= 4 is 39.9 Å². The summed E-state index contributed by atoms with van der Waals surface area (Å²) in [6.45, 7) is 4.62. The standard InChI is InChI=1S/C18H19ClN4O2S/c1-11-6-23(7-11)18(24)20-5-13-2-12-3-15(19)17(4-16(12)22-13)25-8-14-9-26-10-21-14/h2-4,9-11,22H,5-8H2,1H3,(H,20,24). The molecule has 0 spiro atoms. The number of benzene rings is 1. The van der Waals surface area contributed by atoms with Crippen molar-refractivity contribution in [1.29, 1.82) is 0 Å². The van der Waals surface area contributed by atoms with Crippen LogP contribution in [-0.4, -0.2) is 34.0 Å². The fourth-order valence-electron chi connectivity index (χ4n) is 3.01. The highest BCUT2D eigenvalue weighted by molar-refractivity contribution is 7.07. The monoisotopic (exact) mass is 390 g/mol. The van der Waals surface area contributed by atoms with Gasteiger partial charge in [0.1, 0.15) is 12.4 Å². The molecule has 3 heterocycles. The van der Waals surface area contributed by atoms with Crippen LogP contribution in [0.1, 0.15) is 18.3 Å². The van der Waals surface area contributed by atoms with Gasteiger partial charge in [-0.15, -0.1) is 11.3 Å². The number of fused-ring (bicyclic) bond motifs is 1. The summed E-state index contributed by atoms with van der Waals surface area (Å²) in [5.41, 5.74) is 4.50. The molecule has 2 aromatic heterocycles. The number of ether oxygens (including phenoxy) is 1. The Morgan fingerprint density at radius 2 is 2.31 bits per heavy atom. The van der Waals surface area contributed by atoms with E-state index in [0.29, 0.717) is 29.8 Å². The summed E-state index contributed by atoms with van der Waals surface area (Å²) < 4.78 is 5.78. The van der Waals surface area contributed by atoms with Crippen molar-refractivity contribution in [1.82, 2.24) is 20.2 Å². The molecule has 0 unspecified atom stereocenters. The molecule has 136 valence electrons. The highest BCUT2D eigenvalue weighted by Crippen LogP contribution is 2.31. The molecule has 0 bridgehead atoms. The molecule has 26 heavy (non-hydrogen) atoms. The number of halogens is 1. The average molecular weight is 391 g/mol. The number of aromatic amines is 1. The number of carbonyl (C=O) groups excluding carboxylic acids is 1. The van der Waals surface area contributed by atoms with Gasteiger partial charge >= 0.3 is 6.03 Å². The normalized spacial score (nSPS) is 14.5. The minimum Gasteiger partial charge on any atom is -0.486 e. The van der Waals surface area contributed by atoms with Crippen LogP contribution >= 0.6 is 22.9 Å². The highest BCUT2D eigenvalue weighted by Gasteiger charge is 2.26. The summed E-state index contributed by atoms with van der Waals surface area (Å²) in [6.07, 6.45) is 0. The number of nitrogens with zero attached hydrogens (tertiary/aromatic N) is 2. The van der Waals surface area contributed by atoms with Crippen molar-refractivity contribution < 1.29 is 9.53 Å². The second kappa shape index (κ2) is 7.17. The fourth-order valence-corrected chi connectivity index (χ4v) is 3.78. The molecule has 2 N–H and O–H groups in total. The predicted octanol–water partition coefficient (Wildman–Crippen LogP) is 4.02. The molecule has 0 saturated carbocycles. The molecule has 0 aliphatic carbocycles. The lowest BCUT2D eigenvalue weighted by Crippen LogP contribution is -2.52. The number of hydrogen-bond donors (Lipinski definition) is 2. The predicted molar refractivity (Wildman–Crippen MR) is 103 cm³/mol. The van der Waals surface area contributed by atoms with Crippen LogP contribution in [0.15, 0.2) is 29.1 Å². The Morgan fingerprint density at radius 1 is 1.46 bits per heavy atom. The van der Waals surface area contributed by atoms with Gasteiger partial charge in [0.05, 0.1) is 22.8 Å². The number of aromatic nitrogens is 2. The summed E-state index contributed by atoms with van der Waals surface area (Å²) in [5, 5.41) is 6.42. The Labute approximate surface area is 160 Å². The van der Waals surface area contributed by atoms with E-state index in [1.165, 1.54) is 11.3 Å². The van der Waals surface area contributed by atoms with Gasteiger partial charge in [-0.05, 0) is 18.1 Å². The number of H-pyrrole nitrogens is 1. The fraction of sp³-hybridized carbons (Fsp3) is 0.333. The minimum atomic E-state index is -0.0212. The number of thiazole rings is 1. The number of nitrogens with one attached hydrogen (secondary N) is 2. The first kappa shape index (κ1) is 17.2. The first-order valence-corrected chi connectivity index (χ1v) is 9.74. The zero-order chi connectivity index (χ0) is 18.1. The van der Waals surface area contributed by atoms with Crippen LogP contribution in [0, 0.1) is 5.92 Å². The van der Waals surface area contributed by atoms with Gasteiger partial charge in [0.2, 0.25) is 0 Å². The highest BCUT2D eigenvalue weighted by atomic mass is 35.5. The minimum absolute atomic E-state index is 0.0212. The van der Waals surface area contributed by atoms with E-state index in [1.807, 2.05) is 28.5 Å². The largest absolute Gasteiger partial charge is 0.486 e. The third-order valence-electron chi connectivity index (χ3n) is 4.37. The first-order valence-electron chi connectivity index (χ1n) is 8.42. The molecule has 1 saturated heterocycles. The van der Waals surface area contributed by atoms with Crippen LogP contribution in [0.2, 0.25) is 5.02 Å². The Bertz CT molecular complexity index is 919. The van der Waals surface area contributed by atoms with E-state index in [1.54, 1.807) is 5.51 Å². The lowest BCUT2D eigenvalue weighted by Gasteiger charge is -2.36. The number of carbonyl (C=O) groups is 1. The second-order valence-corrected chi connectivity index (χ2v) is 7.73. The number of hydrogen-bond acceptors (Lipinski definition) is 4. The van der Waals surface area contributed by atoms with Gasteiger partial charge in [-0.1, -0.05) is 18.5 Å². The van der Waals surface area contributed by atoms with Crippen molar-refractivity contribution in [3.05, 3.63) is 45.5 Å². The maximum atomic E-state index is 12.0. The Kier molecular flexibility index (Phi) is 4.74. The zero-order valence-electron chi connectivity index (χ0n) is 14.3. The quantitative estimate of drug-likeness (QED) is 0.691. The molecule has 1 aliphatic rings. The maximum absolute atomic E-state index is 12.0. The molecule has 8 heteroatoms. The lowest BCUT2D eigenvalue weighted by atomic mass is 10.0. The third-order valence-corrected chi connectivity index (χ3v) is 5.30. The molecule has 6 nitrogen and oxygen atoms in total. The van der Waals surface area contributed by atoms with Crippen molar-refractivity contribution in [2.75, 3.05) is 13.1 Å². The van der Waals surface area contributed by atoms with Crippen molar-refractivity contribution in [2.45, 2.75) is 20.1 Å². The van der Waals surface area contributed by atoms with Crippen molar-refractivity contribution in [3.8, 4) is 5.75 Å². The molecule has 1 aromatic carbocycles. The molecule has 3 aromatic rings. The van der Waals surface area contributed by atoms with E-state index >= 15 is 0 Å². The summed E-state index contributed by atoms with van der Waals surface area (Å²) in [7, 11) is 0. The maximum Gasteiger partial charge on any atom is 0.317 e. The number of likely N-dealkylation sites (tertiary alicyclic amines) is 1. The summed E-state index contributed by atoms with van der Waals surface area (Å²) in [5.74, 6) is 1.21. The van der Waals surface area contributed by atoms with Crippen LogP contribution in [-0.2, 0) is 13.2 Å². The molecule has 2 amide bonds. The van der Waals surface area contributed by atoms with E-state index in [-0.39, 0.29) is 6.03 Å². The molecule has 1 aliphatic heterocycles. The van der Waals surface area contributed by atoms with Gasteiger partial charge in [0.15, 0.2) is 0 Å². The van der Waals surface area contributed by atoms with Gasteiger partial charge in [0.25, 0.3) is 0 Å². The molecule has 1 fully saturated rings. The lowest BCUT2D eigenvalue weighted by molar-refractivity contribution is 0.129. The van der Waals surface area contributed by atoms with Crippen LogP contribution in [0.25, 0.3) is 10.9 Å². The van der Waals surface area contributed by atoms with Crippen molar-refractivity contribution in [2.24, 2.45) is 5.92 Å². The number of amides is 2. The van der Waals surface area contributed by atoms with Gasteiger partial charge in [-0.2, -0.15) is 0 Å². The topological polar surface area (TPSA) is 70.2 Å². The van der Waals surface area contributed by atoms with Gasteiger partial charge in [0, 0.05) is 41.1 Å². The van der Waals surface area contributed by atoms with E-state index in [4.69, 9.17) is 16.3 Å². The summed E-state index contributed by atoms with van der Waals surface area (Å²) in [6, 6.07) is 5.72. The van der Waals surface area contributed by atoms with Gasteiger partial charge < -0.3 is 19.9 Å². The summed E-state index contributed by atoms with van der Waals surface area (Å²) in [4.78, 5) is 21.3. The van der Waals surface area contributed by atoms with Crippen LogP contribution in [0.5, 0.6) is 5.75 Å². The van der Waals surface area contributed by atoms with Crippen LogP contribution in [0.4, 0.5) is 4.79 Å². The Hall–Kier alpha value is -2.25. The van der Waals surface area contributed by atoms with Crippen LogP contribution < -0.4 is 10.1 Å². The Balaban J connectivity index is 1.42. The van der Waals surface area contributed by atoms with E-state index in [9.17, 15) is 4.79 Å². The molecule has 4 rings (SSSR count). The average Bonchev–Trinajstić information content (AvgIpc) is 3.23. The third kappa shape index (κ3) is 3.64. The van der Waals surface area contributed by atoms with Crippen molar-refractivity contribution in [3.63, 3.8) is 0 Å². The van der Waals surface area contributed by atoms with E-state index in [0.717, 1.165) is 35.4 Å². The number of rotatable bonds is 5. The van der Waals surface area contributed by atoms with Gasteiger partial charge in [-0.25, -0.2) is 9.78 Å². The molecule has 0 radical (unpaired) electrons. The molecular weight excluding hydrogens is 372 g/mol. The smallest absolute Gasteiger partial charge is 0.317 e.